The number of nitrogens with zero attached hydrogens (tertiary/aromatic N) is 1. The SMILES string of the molecule is CCCN=C(N)Nc1cc(OC)ccc1OC. The van der Waals surface area contributed by atoms with Crippen molar-refractivity contribution in [3.63, 3.8) is 0 Å². The lowest BCUT2D eigenvalue weighted by Crippen LogP contribution is -2.23. The predicted molar refractivity (Wildman–Crippen MR) is 69.9 cm³/mol. The van der Waals surface area contributed by atoms with Gasteiger partial charge in [-0.15, -0.1) is 0 Å². The van der Waals surface area contributed by atoms with E-state index in [9.17, 15) is 0 Å². The second-order valence-electron chi connectivity index (χ2n) is 3.46. The van der Waals surface area contributed by atoms with Gasteiger partial charge < -0.3 is 20.5 Å². The molecule has 0 aromatic heterocycles. The van der Waals surface area contributed by atoms with Crippen molar-refractivity contribution >= 4 is 11.6 Å². The molecule has 5 heteroatoms. The van der Waals surface area contributed by atoms with E-state index in [1.54, 1.807) is 14.2 Å². The highest BCUT2D eigenvalue weighted by molar-refractivity contribution is 5.93. The molecule has 0 saturated carbocycles. The maximum absolute atomic E-state index is 5.75. The number of ether oxygens (including phenoxy) is 2. The Bertz CT molecular complexity index is 391. The number of nitrogens with two attached hydrogens (primary N) is 1. The van der Waals surface area contributed by atoms with Gasteiger partial charge in [-0.1, -0.05) is 6.92 Å². The van der Waals surface area contributed by atoms with Crippen molar-refractivity contribution < 1.29 is 9.47 Å². The van der Waals surface area contributed by atoms with Crippen molar-refractivity contribution in [1.29, 1.82) is 0 Å². The predicted octanol–water partition coefficient (Wildman–Crippen LogP) is 1.84. The molecule has 3 N–H and O–H groups in total. The minimum absolute atomic E-state index is 0.374. The Morgan fingerprint density at radius 2 is 2.12 bits per heavy atom. The van der Waals surface area contributed by atoms with Crippen LogP contribution >= 0.6 is 0 Å². The Balaban J connectivity index is 2.87. The summed E-state index contributed by atoms with van der Waals surface area (Å²) >= 11 is 0. The first-order chi connectivity index (χ1) is 8.21. The van der Waals surface area contributed by atoms with E-state index in [1.807, 2.05) is 25.1 Å². The monoisotopic (exact) mass is 237 g/mol. The number of aliphatic imine (C=N–C) groups is 1. The van der Waals surface area contributed by atoms with Crippen molar-refractivity contribution in [3.8, 4) is 11.5 Å². The molecule has 5 nitrogen and oxygen atoms in total. The third-order valence-corrected chi connectivity index (χ3v) is 2.18. The molecule has 94 valence electrons. The summed E-state index contributed by atoms with van der Waals surface area (Å²) in [6.07, 6.45) is 0.956. The van der Waals surface area contributed by atoms with Gasteiger partial charge in [-0.3, -0.25) is 4.99 Å². The van der Waals surface area contributed by atoms with E-state index < -0.39 is 0 Å². The maximum atomic E-state index is 5.75. The summed E-state index contributed by atoms with van der Waals surface area (Å²) < 4.78 is 10.4. The van der Waals surface area contributed by atoms with E-state index in [0.717, 1.165) is 17.9 Å². The first-order valence-corrected chi connectivity index (χ1v) is 5.50. The van der Waals surface area contributed by atoms with Gasteiger partial charge in [-0.05, 0) is 18.6 Å². The summed E-state index contributed by atoms with van der Waals surface area (Å²) in [6, 6.07) is 5.45. The average Bonchev–Trinajstić information content (AvgIpc) is 2.36. The average molecular weight is 237 g/mol. The summed E-state index contributed by atoms with van der Waals surface area (Å²) in [4.78, 5) is 4.16. The van der Waals surface area contributed by atoms with Gasteiger partial charge in [0.05, 0.1) is 19.9 Å². The molecule has 0 aliphatic carbocycles. The van der Waals surface area contributed by atoms with Crippen LogP contribution in [0, 0.1) is 0 Å². The molecule has 1 aromatic carbocycles. The van der Waals surface area contributed by atoms with Gasteiger partial charge in [0.25, 0.3) is 0 Å². The molecule has 0 heterocycles. The van der Waals surface area contributed by atoms with Crippen LogP contribution in [0.4, 0.5) is 5.69 Å². The Morgan fingerprint density at radius 3 is 2.71 bits per heavy atom. The van der Waals surface area contributed by atoms with Crippen LogP contribution in [-0.2, 0) is 0 Å². The van der Waals surface area contributed by atoms with Crippen molar-refractivity contribution in [2.75, 3.05) is 26.1 Å². The fraction of sp³-hybridized carbons (Fsp3) is 0.417. The van der Waals surface area contributed by atoms with Gasteiger partial charge in [0.15, 0.2) is 5.96 Å². The van der Waals surface area contributed by atoms with Gasteiger partial charge in [0.1, 0.15) is 11.5 Å². The van der Waals surface area contributed by atoms with Crippen LogP contribution in [-0.4, -0.2) is 26.7 Å². The summed E-state index contributed by atoms with van der Waals surface area (Å²) in [5, 5.41) is 2.99. The fourth-order valence-corrected chi connectivity index (χ4v) is 1.32. The maximum Gasteiger partial charge on any atom is 0.193 e. The topological polar surface area (TPSA) is 68.9 Å². The molecule has 1 aromatic rings. The molecule has 0 aliphatic heterocycles. The molecule has 0 spiro atoms. The normalized spacial score (nSPS) is 11.1. The third-order valence-electron chi connectivity index (χ3n) is 2.18. The zero-order valence-corrected chi connectivity index (χ0v) is 10.5. The number of guanidine groups is 1. The first-order valence-electron chi connectivity index (χ1n) is 5.50. The van der Waals surface area contributed by atoms with Crippen molar-refractivity contribution in [1.82, 2.24) is 0 Å². The van der Waals surface area contributed by atoms with Gasteiger partial charge in [-0.25, -0.2) is 0 Å². The summed E-state index contributed by atoms with van der Waals surface area (Å²) in [5.41, 5.74) is 6.49. The van der Waals surface area contributed by atoms with E-state index in [2.05, 4.69) is 10.3 Å². The van der Waals surface area contributed by atoms with Crippen LogP contribution in [0.1, 0.15) is 13.3 Å². The molecule has 1 rings (SSSR count). The molecule has 0 fully saturated rings. The van der Waals surface area contributed by atoms with Crippen LogP contribution in [0.25, 0.3) is 0 Å². The van der Waals surface area contributed by atoms with E-state index in [4.69, 9.17) is 15.2 Å². The van der Waals surface area contributed by atoms with Gasteiger partial charge in [0, 0.05) is 12.6 Å². The smallest absolute Gasteiger partial charge is 0.193 e. The summed E-state index contributed by atoms with van der Waals surface area (Å²) in [5.74, 6) is 1.80. The highest BCUT2D eigenvalue weighted by atomic mass is 16.5. The van der Waals surface area contributed by atoms with Gasteiger partial charge in [-0.2, -0.15) is 0 Å². The Kier molecular flexibility index (Phi) is 5.13. The lowest BCUT2D eigenvalue weighted by Gasteiger charge is -2.11. The van der Waals surface area contributed by atoms with Crippen molar-refractivity contribution in [2.45, 2.75) is 13.3 Å². The molecule has 0 amide bonds. The quantitative estimate of drug-likeness (QED) is 0.605. The van der Waals surface area contributed by atoms with Crippen LogP contribution in [0.3, 0.4) is 0 Å². The zero-order chi connectivity index (χ0) is 12.7. The number of hydrogen-bond acceptors (Lipinski definition) is 3. The summed E-state index contributed by atoms with van der Waals surface area (Å²) in [6.45, 7) is 2.74. The van der Waals surface area contributed by atoms with Crippen molar-refractivity contribution in [3.05, 3.63) is 18.2 Å². The summed E-state index contributed by atoms with van der Waals surface area (Å²) in [7, 11) is 3.21. The largest absolute Gasteiger partial charge is 0.497 e. The van der Waals surface area contributed by atoms with Crippen LogP contribution < -0.4 is 20.5 Å². The van der Waals surface area contributed by atoms with E-state index in [0.29, 0.717) is 18.3 Å². The van der Waals surface area contributed by atoms with Gasteiger partial charge in [0.2, 0.25) is 0 Å². The standard InChI is InChI=1S/C12H19N3O2/c1-4-7-14-12(13)15-10-8-9(16-2)5-6-11(10)17-3/h5-6,8H,4,7H2,1-3H3,(H3,13,14,15). The first kappa shape index (κ1) is 13.2. The fourth-order valence-electron chi connectivity index (χ4n) is 1.32. The minimum atomic E-state index is 0.374. The Labute approximate surface area is 102 Å². The molecule has 0 atom stereocenters. The number of nitrogens with one attached hydrogen (secondary N) is 1. The molecule has 0 aliphatic rings. The number of anilines is 1. The van der Waals surface area contributed by atoms with E-state index >= 15 is 0 Å². The van der Waals surface area contributed by atoms with E-state index in [1.165, 1.54) is 0 Å². The lowest BCUT2D eigenvalue weighted by molar-refractivity contribution is 0.405. The highest BCUT2D eigenvalue weighted by Gasteiger charge is 2.05. The van der Waals surface area contributed by atoms with Crippen LogP contribution in [0.15, 0.2) is 23.2 Å². The van der Waals surface area contributed by atoms with Gasteiger partial charge >= 0.3 is 0 Å². The molecule has 0 saturated heterocycles. The highest BCUT2D eigenvalue weighted by Crippen LogP contribution is 2.28. The number of benzene rings is 1. The van der Waals surface area contributed by atoms with Crippen LogP contribution in [0.5, 0.6) is 11.5 Å². The van der Waals surface area contributed by atoms with Crippen LogP contribution in [0.2, 0.25) is 0 Å². The molecular weight excluding hydrogens is 218 g/mol. The Hall–Kier alpha value is -1.91. The number of methoxy groups -OCH3 is 2. The Morgan fingerprint density at radius 1 is 1.35 bits per heavy atom. The molecular formula is C12H19N3O2. The third kappa shape index (κ3) is 3.86. The minimum Gasteiger partial charge on any atom is -0.497 e. The molecule has 0 unspecified atom stereocenters. The zero-order valence-electron chi connectivity index (χ0n) is 10.5. The van der Waals surface area contributed by atoms with Crippen molar-refractivity contribution in [2.24, 2.45) is 10.7 Å². The lowest BCUT2D eigenvalue weighted by atomic mass is 10.2. The second kappa shape index (κ2) is 6.62. The van der Waals surface area contributed by atoms with E-state index in [-0.39, 0.29) is 0 Å². The molecule has 0 bridgehead atoms. The second-order valence-corrected chi connectivity index (χ2v) is 3.46. The molecule has 0 radical (unpaired) electrons. The number of hydrogen-bond donors (Lipinski definition) is 2. The number of rotatable bonds is 5. The molecule has 17 heavy (non-hydrogen) atoms.